The number of carbonyl (C=O) groups excluding carboxylic acids is 2. The van der Waals surface area contributed by atoms with Gasteiger partial charge in [-0.15, -0.1) is 0 Å². The number of likely N-dealkylation sites (N-methyl/N-ethyl adjacent to an activating group) is 1. The number of nitrogens with zero attached hydrogens (tertiary/aromatic N) is 1. The third-order valence-corrected chi connectivity index (χ3v) is 3.43. The van der Waals surface area contributed by atoms with E-state index in [1.54, 1.807) is 0 Å². The molecule has 1 rings (SSSR count). The molecule has 0 aliphatic carbocycles. The Labute approximate surface area is 145 Å². The molecular weight excluding hydrogens is 302 g/mol. The van der Waals surface area contributed by atoms with Gasteiger partial charge in [0.15, 0.2) is 0 Å². The molecule has 0 aliphatic rings. The van der Waals surface area contributed by atoms with Crippen LogP contribution in [0.1, 0.15) is 52.7 Å². The summed E-state index contributed by atoms with van der Waals surface area (Å²) in [5.74, 6) is -0.314. The fourth-order valence-corrected chi connectivity index (χ4v) is 2.26. The minimum atomic E-state index is -0.463. The van der Waals surface area contributed by atoms with Crippen molar-refractivity contribution in [3.8, 4) is 0 Å². The first-order chi connectivity index (χ1) is 10.9. The van der Waals surface area contributed by atoms with Crippen LogP contribution < -0.4 is 10.6 Å². The molecule has 24 heavy (non-hydrogen) atoms. The molecule has 3 amide bonds. The molecule has 0 heterocycles. The number of urea groups is 1. The molecule has 1 aromatic carbocycles. The molecule has 0 fully saturated rings. The summed E-state index contributed by atoms with van der Waals surface area (Å²) in [7, 11) is 1.86. The Morgan fingerprint density at radius 3 is 2.00 bits per heavy atom. The molecule has 0 bridgehead atoms. The van der Waals surface area contributed by atoms with E-state index in [0.29, 0.717) is 6.54 Å². The van der Waals surface area contributed by atoms with Crippen molar-refractivity contribution >= 4 is 11.9 Å². The van der Waals surface area contributed by atoms with E-state index in [2.05, 4.69) is 55.7 Å². The highest BCUT2D eigenvalue weighted by atomic mass is 16.2. The molecule has 134 valence electrons. The van der Waals surface area contributed by atoms with Crippen LogP contribution in [0.3, 0.4) is 0 Å². The highest BCUT2D eigenvalue weighted by Gasteiger charge is 2.17. The number of hydrogen-bond acceptors (Lipinski definition) is 3. The Hall–Kier alpha value is -1.88. The zero-order chi connectivity index (χ0) is 18.5. The first-order valence-corrected chi connectivity index (χ1v) is 8.27. The van der Waals surface area contributed by atoms with E-state index < -0.39 is 6.03 Å². The van der Waals surface area contributed by atoms with Crippen LogP contribution in [-0.4, -0.2) is 36.0 Å². The van der Waals surface area contributed by atoms with Gasteiger partial charge in [-0.05, 0) is 44.4 Å². The lowest BCUT2D eigenvalue weighted by atomic mass is 9.87. The van der Waals surface area contributed by atoms with Crippen LogP contribution in [0.4, 0.5) is 4.79 Å². The maximum atomic E-state index is 11.9. The van der Waals surface area contributed by atoms with Crippen LogP contribution in [0.25, 0.3) is 0 Å². The fraction of sp³-hybridized carbons (Fsp3) is 0.579. The monoisotopic (exact) mass is 333 g/mol. The summed E-state index contributed by atoms with van der Waals surface area (Å²) in [6, 6.07) is 7.96. The molecule has 0 saturated heterocycles. The summed E-state index contributed by atoms with van der Waals surface area (Å²) in [5.41, 5.74) is 2.18. The third kappa shape index (κ3) is 7.59. The van der Waals surface area contributed by atoms with Gasteiger partial charge in [-0.1, -0.05) is 45.0 Å². The van der Waals surface area contributed by atoms with Gasteiger partial charge >= 0.3 is 6.03 Å². The van der Waals surface area contributed by atoms with Gasteiger partial charge in [0.25, 0.3) is 0 Å². The van der Waals surface area contributed by atoms with Crippen molar-refractivity contribution in [1.82, 2.24) is 15.5 Å². The second-order valence-corrected chi connectivity index (χ2v) is 8.37. The lowest BCUT2D eigenvalue weighted by Crippen LogP contribution is -2.50. The topological polar surface area (TPSA) is 61.4 Å². The summed E-state index contributed by atoms with van der Waals surface area (Å²) in [6.07, 6.45) is 0. The molecule has 2 N–H and O–H groups in total. The smallest absolute Gasteiger partial charge is 0.321 e. The Morgan fingerprint density at radius 1 is 1.00 bits per heavy atom. The number of nitrogens with one attached hydrogen (secondary N) is 2. The minimum absolute atomic E-state index is 0.130. The summed E-state index contributed by atoms with van der Waals surface area (Å²) in [4.78, 5) is 25.5. The van der Waals surface area contributed by atoms with E-state index >= 15 is 0 Å². The van der Waals surface area contributed by atoms with E-state index in [4.69, 9.17) is 0 Å². The number of imide groups is 1. The summed E-state index contributed by atoms with van der Waals surface area (Å²) >= 11 is 0. The van der Waals surface area contributed by atoms with Crippen molar-refractivity contribution < 1.29 is 9.59 Å². The number of rotatable bonds is 4. The standard InChI is InChI=1S/C19H31N3O2/c1-18(2,3)15-10-8-14(9-11-15)12-22(7)13-16(23)20-17(24)21-19(4,5)6/h8-11H,12-13H2,1-7H3,(H2,20,21,23,24). The Balaban J connectivity index is 2.49. The van der Waals surface area contributed by atoms with Crippen molar-refractivity contribution in [2.45, 2.75) is 59.0 Å². The fourth-order valence-electron chi connectivity index (χ4n) is 2.26. The number of benzene rings is 1. The highest BCUT2D eigenvalue weighted by Crippen LogP contribution is 2.22. The van der Waals surface area contributed by atoms with Gasteiger partial charge in [0, 0.05) is 12.1 Å². The molecule has 0 radical (unpaired) electrons. The zero-order valence-electron chi connectivity index (χ0n) is 16.0. The molecule has 5 nitrogen and oxygen atoms in total. The van der Waals surface area contributed by atoms with Gasteiger partial charge in [-0.3, -0.25) is 15.0 Å². The maximum absolute atomic E-state index is 11.9. The number of hydrogen-bond donors (Lipinski definition) is 2. The predicted octanol–water partition coefficient (Wildman–Crippen LogP) is 3.04. The molecule has 0 aromatic heterocycles. The average Bonchev–Trinajstić information content (AvgIpc) is 2.34. The van der Waals surface area contributed by atoms with Crippen LogP contribution in [-0.2, 0) is 16.8 Å². The van der Waals surface area contributed by atoms with Gasteiger partial charge in [0.1, 0.15) is 0 Å². The Bertz CT molecular complexity index is 566. The first-order valence-electron chi connectivity index (χ1n) is 8.27. The SMILES string of the molecule is CN(CC(=O)NC(=O)NC(C)(C)C)Cc1ccc(C(C)(C)C)cc1. The van der Waals surface area contributed by atoms with Gasteiger partial charge in [-0.2, -0.15) is 0 Å². The molecule has 5 heteroatoms. The van der Waals surface area contributed by atoms with Crippen LogP contribution in [0, 0.1) is 0 Å². The lowest BCUT2D eigenvalue weighted by Gasteiger charge is -2.22. The molecule has 0 unspecified atom stereocenters. The maximum Gasteiger partial charge on any atom is 0.321 e. The third-order valence-electron chi connectivity index (χ3n) is 3.43. The lowest BCUT2D eigenvalue weighted by molar-refractivity contribution is -0.121. The van der Waals surface area contributed by atoms with Gasteiger partial charge in [0.2, 0.25) is 5.91 Å². The highest BCUT2D eigenvalue weighted by molar-refractivity contribution is 5.95. The zero-order valence-corrected chi connectivity index (χ0v) is 16.0. The van der Waals surface area contributed by atoms with Crippen molar-refractivity contribution in [3.63, 3.8) is 0 Å². The predicted molar refractivity (Wildman–Crippen MR) is 97.9 cm³/mol. The second-order valence-electron chi connectivity index (χ2n) is 8.37. The quantitative estimate of drug-likeness (QED) is 0.890. The van der Waals surface area contributed by atoms with Crippen molar-refractivity contribution in [3.05, 3.63) is 35.4 Å². The number of amides is 3. The molecule has 0 atom stereocenters. The Kier molecular flexibility index (Phi) is 6.55. The van der Waals surface area contributed by atoms with Crippen molar-refractivity contribution in [2.24, 2.45) is 0 Å². The van der Waals surface area contributed by atoms with Gasteiger partial charge in [0.05, 0.1) is 6.54 Å². The van der Waals surface area contributed by atoms with Crippen molar-refractivity contribution in [2.75, 3.05) is 13.6 Å². The van der Waals surface area contributed by atoms with E-state index in [1.807, 2.05) is 32.7 Å². The van der Waals surface area contributed by atoms with E-state index in [-0.39, 0.29) is 23.4 Å². The molecular formula is C19H31N3O2. The minimum Gasteiger partial charge on any atom is -0.333 e. The summed E-state index contributed by atoms with van der Waals surface area (Å²) in [5, 5.41) is 5.06. The largest absolute Gasteiger partial charge is 0.333 e. The molecule has 0 saturated carbocycles. The van der Waals surface area contributed by atoms with Gasteiger partial charge < -0.3 is 5.32 Å². The van der Waals surface area contributed by atoms with Gasteiger partial charge in [-0.25, -0.2) is 4.79 Å². The second kappa shape index (κ2) is 7.79. The first kappa shape index (κ1) is 20.2. The van der Waals surface area contributed by atoms with Crippen LogP contribution in [0.15, 0.2) is 24.3 Å². The summed E-state index contributed by atoms with van der Waals surface area (Å²) in [6.45, 7) is 13.0. The average molecular weight is 333 g/mol. The van der Waals surface area contributed by atoms with Crippen LogP contribution in [0.2, 0.25) is 0 Å². The molecule has 0 spiro atoms. The van der Waals surface area contributed by atoms with Crippen molar-refractivity contribution in [1.29, 1.82) is 0 Å². The normalized spacial score (nSPS) is 12.2. The van der Waals surface area contributed by atoms with E-state index in [9.17, 15) is 9.59 Å². The molecule has 1 aromatic rings. The van der Waals surface area contributed by atoms with Crippen LogP contribution in [0.5, 0.6) is 0 Å². The number of carbonyl (C=O) groups is 2. The van der Waals surface area contributed by atoms with E-state index in [1.165, 1.54) is 5.56 Å². The summed E-state index contributed by atoms with van der Waals surface area (Å²) < 4.78 is 0. The van der Waals surface area contributed by atoms with Crippen LogP contribution >= 0.6 is 0 Å². The van der Waals surface area contributed by atoms with E-state index in [0.717, 1.165) is 5.56 Å². The Morgan fingerprint density at radius 2 is 1.54 bits per heavy atom. The molecule has 0 aliphatic heterocycles.